The molecule has 0 saturated carbocycles. The Morgan fingerprint density at radius 2 is 2.42 bits per heavy atom. The Morgan fingerprint density at radius 3 is 2.83 bits per heavy atom. The molecule has 3 N–H and O–H groups in total. The maximum atomic E-state index is 6.02. The molecule has 1 aromatic rings. The second-order valence-electron chi connectivity index (χ2n) is 3.06. The first-order valence-corrected chi connectivity index (χ1v) is 4.90. The Labute approximate surface area is 77.0 Å². The minimum absolute atomic E-state index is 0.286. The summed E-state index contributed by atoms with van der Waals surface area (Å²) in [5.41, 5.74) is 6.71. The maximum Gasteiger partial charge on any atom is 0.182 e. The predicted octanol–water partition coefficient (Wildman–Crippen LogP) is 1.77. The highest BCUT2D eigenvalue weighted by Gasteiger charge is 2.21. The molecule has 1 heterocycles. The van der Waals surface area contributed by atoms with Gasteiger partial charge in [-0.1, -0.05) is 6.92 Å². The van der Waals surface area contributed by atoms with Crippen LogP contribution < -0.4 is 11.1 Å². The molecular weight excluding hydrogens is 170 g/mol. The number of thiazole rings is 1. The van der Waals surface area contributed by atoms with Crippen LogP contribution in [0.5, 0.6) is 0 Å². The second-order valence-corrected chi connectivity index (χ2v) is 3.92. The van der Waals surface area contributed by atoms with E-state index in [0.717, 1.165) is 17.2 Å². The number of rotatable bonds is 3. The molecule has 1 rings (SSSR count). The quantitative estimate of drug-likeness (QED) is 0.754. The zero-order valence-corrected chi connectivity index (χ0v) is 8.53. The smallest absolute Gasteiger partial charge is 0.182 e. The van der Waals surface area contributed by atoms with Crippen LogP contribution in [-0.4, -0.2) is 12.0 Å². The average Bonchev–Trinajstić information content (AvgIpc) is 2.52. The SMILES string of the molecule is CCC(C)(N)c1csc(NC)n1. The average molecular weight is 185 g/mol. The third kappa shape index (κ3) is 1.76. The highest BCUT2D eigenvalue weighted by atomic mass is 32.1. The van der Waals surface area contributed by atoms with Crippen LogP contribution in [0.15, 0.2) is 5.38 Å². The Hall–Kier alpha value is -0.610. The number of nitrogens with two attached hydrogens (primary N) is 1. The van der Waals surface area contributed by atoms with Gasteiger partial charge in [0.2, 0.25) is 0 Å². The molecule has 1 atom stereocenters. The third-order valence-electron chi connectivity index (χ3n) is 2.04. The molecule has 0 bridgehead atoms. The number of nitrogens with one attached hydrogen (secondary N) is 1. The van der Waals surface area contributed by atoms with Crippen LogP contribution in [0.4, 0.5) is 5.13 Å². The first-order chi connectivity index (χ1) is 5.60. The van der Waals surface area contributed by atoms with Crippen LogP contribution in [-0.2, 0) is 5.54 Å². The molecule has 0 aromatic carbocycles. The lowest BCUT2D eigenvalue weighted by atomic mass is 9.97. The molecule has 1 unspecified atom stereocenters. The summed E-state index contributed by atoms with van der Waals surface area (Å²) in [6.07, 6.45) is 0.903. The molecular formula is C8H15N3S. The zero-order valence-electron chi connectivity index (χ0n) is 7.72. The fourth-order valence-electron chi connectivity index (χ4n) is 0.832. The van der Waals surface area contributed by atoms with Crippen molar-refractivity contribution in [2.24, 2.45) is 5.73 Å². The van der Waals surface area contributed by atoms with Gasteiger partial charge in [-0.2, -0.15) is 0 Å². The molecule has 68 valence electrons. The summed E-state index contributed by atoms with van der Waals surface area (Å²) < 4.78 is 0. The van der Waals surface area contributed by atoms with Crippen molar-refractivity contribution in [2.45, 2.75) is 25.8 Å². The van der Waals surface area contributed by atoms with Gasteiger partial charge in [0.05, 0.1) is 11.2 Å². The van der Waals surface area contributed by atoms with Crippen LogP contribution in [0.3, 0.4) is 0 Å². The van der Waals surface area contributed by atoms with Crippen molar-refractivity contribution in [2.75, 3.05) is 12.4 Å². The van der Waals surface area contributed by atoms with Gasteiger partial charge in [0.15, 0.2) is 5.13 Å². The van der Waals surface area contributed by atoms with Gasteiger partial charge in [0.25, 0.3) is 0 Å². The monoisotopic (exact) mass is 185 g/mol. The van der Waals surface area contributed by atoms with Crippen LogP contribution >= 0.6 is 11.3 Å². The third-order valence-corrected chi connectivity index (χ3v) is 2.90. The Morgan fingerprint density at radius 1 is 1.75 bits per heavy atom. The van der Waals surface area contributed by atoms with E-state index in [0.29, 0.717) is 0 Å². The molecule has 4 heteroatoms. The molecule has 3 nitrogen and oxygen atoms in total. The van der Waals surface area contributed by atoms with E-state index in [-0.39, 0.29) is 5.54 Å². The molecule has 0 amide bonds. The summed E-state index contributed by atoms with van der Waals surface area (Å²) in [4.78, 5) is 4.35. The van der Waals surface area contributed by atoms with Gasteiger partial charge in [0.1, 0.15) is 0 Å². The van der Waals surface area contributed by atoms with Crippen molar-refractivity contribution < 1.29 is 0 Å². The largest absolute Gasteiger partial charge is 0.365 e. The predicted molar refractivity (Wildman–Crippen MR) is 53.5 cm³/mol. The van der Waals surface area contributed by atoms with E-state index < -0.39 is 0 Å². The van der Waals surface area contributed by atoms with Crippen LogP contribution in [0.25, 0.3) is 0 Å². The fraction of sp³-hybridized carbons (Fsp3) is 0.625. The molecule has 1 aromatic heterocycles. The highest BCUT2D eigenvalue weighted by Crippen LogP contribution is 2.25. The normalized spacial score (nSPS) is 15.7. The molecule has 0 aliphatic carbocycles. The highest BCUT2D eigenvalue weighted by molar-refractivity contribution is 7.13. The van der Waals surface area contributed by atoms with Crippen LogP contribution in [0.1, 0.15) is 26.0 Å². The van der Waals surface area contributed by atoms with Crippen molar-refractivity contribution >= 4 is 16.5 Å². The summed E-state index contributed by atoms with van der Waals surface area (Å²) in [6, 6.07) is 0. The van der Waals surface area contributed by atoms with E-state index in [1.165, 1.54) is 0 Å². The summed E-state index contributed by atoms with van der Waals surface area (Å²) >= 11 is 1.59. The zero-order chi connectivity index (χ0) is 9.19. The minimum Gasteiger partial charge on any atom is -0.365 e. The van der Waals surface area contributed by atoms with Crippen LogP contribution in [0, 0.1) is 0 Å². The summed E-state index contributed by atoms with van der Waals surface area (Å²) in [7, 11) is 1.86. The number of hydrogen-bond acceptors (Lipinski definition) is 4. The first-order valence-electron chi connectivity index (χ1n) is 4.03. The van der Waals surface area contributed by atoms with E-state index in [1.54, 1.807) is 11.3 Å². The summed E-state index contributed by atoms with van der Waals surface area (Å²) in [6.45, 7) is 4.07. The topological polar surface area (TPSA) is 50.9 Å². The van der Waals surface area contributed by atoms with Crippen LogP contribution in [0.2, 0.25) is 0 Å². The second kappa shape index (κ2) is 3.41. The van der Waals surface area contributed by atoms with Gasteiger partial charge in [-0.25, -0.2) is 4.98 Å². The van der Waals surface area contributed by atoms with E-state index in [1.807, 2.05) is 19.4 Å². The van der Waals surface area contributed by atoms with Gasteiger partial charge in [-0.15, -0.1) is 11.3 Å². The lowest BCUT2D eigenvalue weighted by Gasteiger charge is -2.19. The van der Waals surface area contributed by atoms with Gasteiger partial charge in [0, 0.05) is 12.4 Å². The molecule has 0 fully saturated rings. The van der Waals surface area contributed by atoms with Gasteiger partial charge in [-0.3, -0.25) is 0 Å². The Kier molecular flexibility index (Phi) is 2.69. The summed E-state index contributed by atoms with van der Waals surface area (Å²) in [5.74, 6) is 0. The van der Waals surface area contributed by atoms with E-state index in [4.69, 9.17) is 5.73 Å². The standard InChI is InChI=1S/C8H15N3S/c1-4-8(2,9)6-5-12-7(10-3)11-6/h5H,4,9H2,1-3H3,(H,10,11). The molecule has 0 saturated heterocycles. The molecule has 0 radical (unpaired) electrons. The fourth-order valence-corrected chi connectivity index (χ4v) is 1.65. The Bertz CT molecular complexity index is 255. The minimum atomic E-state index is -0.286. The first kappa shape index (κ1) is 9.48. The molecule has 0 spiro atoms. The van der Waals surface area contributed by atoms with Crippen molar-refractivity contribution in [3.63, 3.8) is 0 Å². The molecule has 12 heavy (non-hydrogen) atoms. The van der Waals surface area contributed by atoms with Crippen molar-refractivity contribution in [1.29, 1.82) is 0 Å². The lowest BCUT2D eigenvalue weighted by Crippen LogP contribution is -2.32. The summed E-state index contributed by atoms with van der Waals surface area (Å²) in [5, 5.41) is 5.93. The van der Waals surface area contributed by atoms with Gasteiger partial charge in [-0.05, 0) is 13.3 Å². The van der Waals surface area contributed by atoms with Gasteiger partial charge < -0.3 is 11.1 Å². The number of anilines is 1. The maximum absolute atomic E-state index is 6.02. The van der Waals surface area contributed by atoms with Crippen molar-refractivity contribution in [1.82, 2.24) is 4.98 Å². The molecule has 0 aliphatic rings. The van der Waals surface area contributed by atoms with E-state index in [2.05, 4.69) is 17.2 Å². The number of aromatic nitrogens is 1. The van der Waals surface area contributed by atoms with E-state index >= 15 is 0 Å². The van der Waals surface area contributed by atoms with Crippen molar-refractivity contribution in [3.8, 4) is 0 Å². The number of nitrogens with zero attached hydrogens (tertiary/aromatic N) is 1. The molecule has 0 aliphatic heterocycles. The Balaban J connectivity index is 2.88. The lowest BCUT2D eigenvalue weighted by molar-refractivity contribution is 0.465. The van der Waals surface area contributed by atoms with Gasteiger partial charge >= 0.3 is 0 Å². The number of hydrogen-bond donors (Lipinski definition) is 2. The van der Waals surface area contributed by atoms with E-state index in [9.17, 15) is 0 Å². The van der Waals surface area contributed by atoms with Crippen molar-refractivity contribution in [3.05, 3.63) is 11.1 Å².